The second-order valence-electron chi connectivity index (χ2n) is 7.66. The molecule has 3 aromatic rings. The van der Waals surface area contributed by atoms with E-state index in [9.17, 15) is 5.11 Å². The minimum absolute atomic E-state index is 0.329. The van der Waals surface area contributed by atoms with Crippen LogP contribution in [0.2, 0.25) is 0 Å². The van der Waals surface area contributed by atoms with Gasteiger partial charge in [0.25, 0.3) is 0 Å². The molecule has 1 aliphatic rings. The van der Waals surface area contributed by atoms with E-state index in [-0.39, 0.29) is 6.04 Å². The number of anilines is 1. The van der Waals surface area contributed by atoms with Gasteiger partial charge in [-0.25, -0.2) is 4.98 Å². The monoisotopic (exact) mass is 411 g/mol. The highest BCUT2D eigenvalue weighted by atomic mass is 16.5. The van der Waals surface area contributed by atoms with Gasteiger partial charge in [-0.15, -0.1) is 0 Å². The third-order valence-electron chi connectivity index (χ3n) is 5.79. The summed E-state index contributed by atoms with van der Waals surface area (Å²) in [6.07, 6.45) is 0.720. The lowest BCUT2D eigenvalue weighted by molar-refractivity contribution is -0.0642. The first-order chi connectivity index (χ1) is 14.6. The molecule has 7 nitrogen and oxygen atoms in total. The number of aliphatic hydroxyl groups excluding tert-OH is 1. The summed E-state index contributed by atoms with van der Waals surface area (Å²) in [6, 6.07) is 9.61. The van der Waals surface area contributed by atoms with Crippen molar-refractivity contribution < 1.29 is 19.3 Å². The summed E-state index contributed by atoms with van der Waals surface area (Å²) < 4.78 is 18.9. The Kier molecular flexibility index (Phi) is 6.06. The number of aryl methyl sites for hydroxylation is 2. The van der Waals surface area contributed by atoms with Gasteiger partial charge in [-0.1, -0.05) is 30.3 Å². The molecule has 4 rings (SSSR count). The maximum absolute atomic E-state index is 11.4. The van der Waals surface area contributed by atoms with Crippen LogP contribution in [0, 0.1) is 13.8 Å². The van der Waals surface area contributed by atoms with Crippen molar-refractivity contribution in [2.24, 2.45) is 0 Å². The van der Waals surface area contributed by atoms with E-state index in [1.807, 2.05) is 43.5 Å². The molecule has 0 aliphatic carbocycles. The van der Waals surface area contributed by atoms with Crippen LogP contribution in [0.4, 0.5) is 5.69 Å². The summed E-state index contributed by atoms with van der Waals surface area (Å²) in [4.78, 5) is 4.81. The molecular formula is C23H29N3O4. The lowest BCUT2D eigenvalue weighted by Crippen LogP contribution is -2.38. The molecule has 0 saturated carbocycles. The summed E-state index contributed by atoms with van der Waals surface area (Å²) in [6.45, 7) is 5.29. The van der Waals surface area contributed by atoms with Crippen molar-refractivity contribution in [1.29, 1.82) is 0 Å². The lowest BCUT2D eigenvalue weighted by Gasteiger charge is -2.39. The molecule has 1 aliphatic heterocycles. The quantitative estimate of drug-likeness (QED) is 0.581. The van der Waals surface area contributed by atoms with E-state index in [0.29, 0.717) is 19.8 Å². The Morgan fingerprint density at radius 3 is 2.57 bits per heavy atom. The third-order valence-corrected chi connectivity index (χ3v) is 5.79. The lowest BCUT2D eigenvalue weighted by atomic mass is 9.86. The van der Waals surface area contributed by atoms with E-state index in [1.165, 1.54) is 0 Å². The highest BCUT2D eigenvalue weighted by Gasteiger charge is 2.40. The van der Waals surface area contributed by atoms with Crippen LogP contribution < -0.4 is 5.32 Å². The number of imidazole rings is 1. The fourth-order valence-electron chi connectivity index (χ4n) is 4.17. The molecule has 0 saturated heterocycles. The van der Waals surface area contributed by atoms with Crippen molar-refractivity contribution in [3.8, 4) is 0 Å². The normalized spacial score (nSPS) is 20.9. The van der Waals surface area contributed by atoms with Gasteiger partial charge >= 0.3 is 0 Å². The Hall–Kier alpha value is -2.45. The molecule has 7 heteroatoms. The molecule has 0 radical (unpaired) electrons. The molecule has 2 N–H and O–H groups in total. The molecule has 0 amide bonds. The number of benzene rings is 1. The molecule has 30 heavy (non-hydrogen) atoms. The average molecular weight is 412 g/mol. The topological polar surface area (TPSA) is 77.2 Å². The molecular weight excluding hydrogens is 382 g/mol. The molecule has 2 aromatic heterocycles. The first-order valence-corrected chi connectivity index (χ1v) is 10.2. The van der Waals surface area contributed by atoms with Gasteiger partial charge in [-0.05, 0) is 19.4 Å². The molecule has 0 fully saturated rings. The number of aromatic nitrogens is 2. The first kappa shape index (κ1) is 20.8. The van der Waals surface area contributed by atoms with Crippen molar-refractivity contribution in [2.45, 2.75) is 38.7 Å². The number of nitrogens with zero attached hydrogens (tertiary/aromatic N) is 2. The summed E-state index contributed by atoms with van der Waals surface area (Å²) >= 11 is 0. The van der Waals surface area contributed by atoms with Crippen LogP contribution in [0.15, 0.2) is 36.5 Å². The Labute approximate surface area is 176 Å². The van der Waals surface area contributed by atoms with E-state index in [1.54, 1.807) is 14.2 Å². The van der Waals surface area contributed by atoms with Gasteiger partial charge in [-0.3, -0.25) is 0 Å². The average Bonchev–Trinajstić information content (AvgIpc) is 3.04. The number of hydrogen-bond acceptors (Lipinski definition) is 6. The van der Waals surface area contributed by atoms with E-state index in [2.05, 4.69) is 16.6 Å². The zero-order valence-corrected chi connectivity index (χ0v) is 17.9. The van der Waals surface area contributed by atoms with E-state index in [0.717, 1.165) is 39.4 Å². The second-order valence-corrected chi connectivity index (χ2v) is 7.66. The zero-order chi connectivity index (χ0) is 21.3. The number of methoxy groups -OCH3 is 2. The Bertz CT molecular complexity index is 1020. The van der Waals surface area contributed by atoms with Gasteiger partial charge in [0.1, 0.15) is 12.2 Å². The van der Waals surface area contributed by atoms with Crippen molar-refractivity contribution in [3.05, 3.63) is 64.6 Å². The second kappa shape index (κ2) is 8.73. The van der Waals surface area contributed by atoms with Crippen LogP contribution in [0.1, 0.15) is 40.2 Å². The summed E-state index contributed by atoms with van der Waals surface area (Å²) in [5.41, 5.74) is 6.59. The number of fused-ring (bicyclic) bond motifs is 3. The Balaban J connectivity index is 1.91. The van der Waals surface area contributed by atoms with Gasteiger partial charge < -0.3 is 29.0 Å². The van der Waals surface area contributed by atoms with Gasteiger partial charge in [0.2, 0.25) is 0 Å². The molecule has 160 valence electrons. The molecule has 0 bridgehead atoms. The minimum atomic E-state index is -0.785. The van der Waals surface area contributed by atoms with Gasteiger partial charge in [-0.2, -0.15) is 0 Å². The van der Waals surface area contributed by atoms with Crippen molar-refractivity contribution >= 4 is 11.3 Å². The van der Waals surface area contributed by atoms with Crippen LogP contribution in [-0.4, -0.2) is 48.0 Å². The van der Waals surface area contributed by atoms with Gasteiger partial charge in [0.05, 0.1) is 37.2 Å². The van der Waals surface area contributed by atoms with Crippen LogP contribution in [-0.2, 0) is 20.8 Å². The number of nitrogens with one attached hydrogen (secondary N) is 1. The van der Waals surface area contributed by atoms with Crippen molar-refractivity contribution in [1.82, 2.24) is 9.38 Å². The van der Waals surface area contributed by atoms with E-state index in [4.69, 9.17) is 19.2 Å². The van der Waals surface area contributed by atoms with Crippen molar-refractivity contribution in [2.75, 3.05) is 32.8 Å². The van der Waals surface area contributed by atoms with E-state index < -0.39 is 12.2 Å². The predicted molar refractivity (Wildman–Crippen MR) is 115 cm³/mol. The fraction of sp³-hybridized carbons (Fsp3) is 0.435. The minimum Gasteiger partial charge on any atom is -0.388 e. The van der Waals surface area contributed by atoms with Crippen molar-refractivity contribution in [3.63, 3.8) is 0 Å². The highest BCUT2D eigenvalue weighted by Crippen LogP contribution is 2.45. The molecule has 1 aromatic carbocycles. The number of ether oxygens (including phenoxy) is 3. The number of hydrogen-bond donors (Lipinski definition) is 2. The Morgan fingerprint density at radius 1 is 1.10 bits per heavy atom. The number of aliphatic hydroxyl groups is 1. The summed E-state index contributed by atoms with van der Waals surface area (Å²) in [5.74, 6) is 0. The standard InChI is InChI=1S/C23H29N3O4/c1-14-15(2)26-12-17(13-29-4)18-20(23(26)24-14)25-19(16-8-6-5-7-9-16)21(27)22(18)30-11-10-28-3/h5-9,12,19,21-22,25,27H,10-11,13H2,1-4H3/t19-,21-,22+/m1/s1. The summed E-state index contributed by atoms with van der Waals surface area (Å²) in [7, 11) is 3.31. The molecule has 0 unspecified atom stereocenters. The van der Waals surface area contributed by atoms with Crippen LogP contribution >= 0.6 is 0 Å². The predicted octanol–water partition coefficient (Wildman–Crippen LogP) is 3.33. The smallest absolute Gasteiger partial charge is 0.161 e. The highest BCUT2D eigenvalue weighted by molar-refractivity contribution is 5.77. The van der Waals surface area contributed by atoms with Crippen LogP contribution in [0.25, 0.3) is 5.65 Å². The van der Waals surface area contributed by atoms with Gasteiger partial charge in [0, 0.05) is 37.2 Å². The third kappa shape index (κ3) is 3.58. The maximum atomic E-state index is 11.4. The van der Waals surface area contributed by atoms with Crippen LogP contribution in [0.5, 0.6) is 0 Å². The number of rotatable bonds is 7. The first-order valence-electron chi connectivity index (χ1n) is 10.2. The van der Waals surface area contributed by atoms with E-state index >= 15 is 0 Å². The SMILES string of the molecule is COCCO[C@H]1c2c(COC)cn3c(C)c(C)nc3c2N[C@H](c2ccccc2)[C@H]1O. The molecule has 3 heterocycles. The van der Waals surface area contributed by atoms with Crippen LogP contribution in [0.3, 0.4) is 0 Å². The Morgan fingerprint density at radius 2 is 1.87 bits per heavy atom. The largest absolute Gasteiger partial charge is 0.388 e. The van der Waals surface area contributed by atoms with Gasteiger partial charge in [0.15, 0.2) is 5.65 Å². The fourth-order valence-corrected chi connectivity index (χ4v) is 4.17. The molecule has 0 spiro atoms. The maximum Gasteiger partial charge on any atom is 0.161 e. The number of pyridine rings is 1. The summed E-state index contributed by atoms with van der Waals surface area (Å²) in [5, 5.41) is 14.9. The molecule has 3 atom stereocenters. The zero-order valence-electron chi connectivity index (χ0n) is 17.9.